The van der Waals surface area contributed by atoms with Crippen molar-refractivity contribution in [3.8, 4) is 5.75 Å². The number of Topliss-reactive ketones (excluding diaryl/α,β-unsaturated/α-hetero) is 1. The Morgan fingerprint density at radius 3 is 2.48 bits per heavy atom. The molecule has 3 heteroatoms. The Morgan fingerprint density at radius 2 is 1.78 bits per heavy atom. The molecule has 0 fully saturated rings. The molecular formula is C20H23NO2. The van der Waals surface area contributed by atoms with Crippen LogP contribution in [0, 0.1) is 5.92 Å². The second kappa shape index (κ2) is 6.55. The lowest BCUT2D eigenvalue weighted by atomic mass is 10.00. The van der Waals surface area contributed by atoms with E-state index in [4.69, 9.17) is 4.74 Å². The molecule has 0 saturated carbocycles. The number of fused-ring (bicyclic) bond motifs is 1. The fourth-order valence-corrected chi connectivity index (χ4v) is 3.49. The van der Waals surface area contributed by atoms with Crippen molar-refractivity contribution in [1.82, 2.24) is 4.90 Å². The van der Waals surface area contributed by atoms with Gasteiger partial charge in [-0.2, -0.15) is 0 Å². The summed E-state index contributed by atoms with van der Waals surface area (Å²) >= 11 is 0. The topological polar surface area (TPSA) is 29.5 Å². The molecule has 0 aliphatic heterocycles. The van der Waals surface area contributed by atoms with Crippen LogP contribution in [0.15, 0.2) is 48.5 Å². The number of ketones is 1. The van der Waals surface area contributed by atoms with Crippen LogP contribution < -0.4 is 4.74 Å². The van der Waals surface area contributed by atoms with Crippen LogP contribution in [0.2, 0.25) is 0 Å². The number of hydrogen-bond acceptors (Lipinski definition) is 3. The number of methoxy groups -OCH3 is 1. The standard InChI is InChI=1S/C20H23NO2/c1-14-19(17-6-4-5-7-18(17)20(14)22)21(2)13-12-15-8-10-16(23-3)11-9-15/h4-11,14,19H,12-13H2,1-3H3. The Morgan fingerprint density at radius 1 is 1.09 bits per heavy atom. The van der Waals surface area contributed by atoms with Crippen molar-refractivity contribution >= 4 is 5.78 Å². The molecule has 120 valence electrons. The van der Waals surface area contributed by atoms with E-state index in [-0.39, 0.29) is 17.7 Å². The summed E-state index contributed by atoms with van der Waals surface area (Å²) in [6, 6.07) is 16.4. The molecule has 0 N–H and O–H groups in total. The van der Waals surface area contributed by atoms with Crippen LogP contribution in [0.5, 0.6) is 5.75 Å². The van der Waals surface area contributed by atoms with Gasteiger partial charge in [-0.1, -0.05) is 43.3 Å². The number of likely N-dealkylation sites (N-methyl/N-ethyl adjacent to an activating group) is 1. The second-order valence-electron chi connectivity index (χ2n) is 6.26. The SMILES string of the molecule is COc1ccc(CCN(C)C2c3ccccc3C(=O)C2C)cc1. The molecule has 2 atom stereocenters. The largest absolute Gasteiger partial charge is 0.497 e. The molecule has 3 rings (SSSR count). The minimum atomic E-state index is 0.0215. The molecule has 0 saturated heterocycles. The van der Waals surface area contributed by atoms with Crippen molar-refractivity contribution in [1.29, 1.82) is 0 Å². The lowest BCUT2D eigenvalue weighted by molar-refractivity contribution is 0.0877. The summed E-state index contributed by atoms with van der Waals surface area (Å²) in [5.74, 6) is 1.17. The third kappa shape index (κ3) is 3.02. The van der Waals surface area contributed by atoms with Crippen molar-refractivity contribution in [2.24, 2.45) is 5.92 Å². The Kier molecular flexibility index (Phi) is 4.49. The zero-order valence-corrected chi connectivity index (χ0v) is 14.0. The highest BCUT2D eigenvalue weighted by molar-refractivity contribution is 6.02. The maximum absolute atomic E-state index is 12.4. The van der Waals surface area contributed by atoms with Gasteiger partial charge in [0.25, 0.3) is 0 Å². The Bertz CT molecular complexity index is 693. The summed E-state index contributed by atoms with van der Waals surface area (Å²) < 4.78 is 5.19. The van der Waals surface area contributed by atoms with E-state index in [9.17, 15) is 4.79 Å². The first-order valence-electron chi connectivity index (χ1n) is 8.08. The minimum absolute atomic E-state index is 0.0215. The highest BCUT2D eigenvalue weighted by Crippen LogP contribution is 2.39. The number of rotatable bonds is 5. The van der Waals surface area contributed by atoms with Gasteiger partial charge < -0.3 is 4.74 Å². The molecule has 0 spiro atoms. The van der Waals surface area contributed by atoms with Crippen molar-refractivity contribution in [2.75, 3.05) is 20.7 Å². The summed E-state index contributed by atoms with van der Waals surface area (Å²) in [6.07, 6.45) is 0.958. The monoisotopic (exact) mass is 309 g/mol. The average molecular weight is 309 g/mol. The number of hydrogen-bond donors (Lipinski definition) is 0. The maximum atomic E-state index is 12.4. The highest BCUT2D eigenvalue weighted by atomic mass is 16.5. The van der Waals surface area contributed by atoms with Crippen molar-refractivity contribution in [2.45, 2.75) is 19.4 Å². The number of benzene rings is 2. The average Bonchev–Trinajstić information content (AvgIpc) is 2.85. The van der Waals surface area contributed by atoms with Gasteiger partial charge in [0.05, 0.1) is 7.11 Å². The lowest BCUT2D eigenvalue weighted by Crippen LogP contribution is -2.30. The van der Waals surface area contributed by atoms with E-state index in [1.807, 2.05) is 37.3 Å². The zero-order valence-electron chi connectivity index (χ0n) is 14.0. The molecule has 2 aromatic rings. The third-order valence-corrected chi connectivity index (χ3v) is 4.82. The molecule has 1 aliphatic rings. The van der Waals surface area contributed by atoms with E-state index in [0.29, 0.717) is 0 Å². The van der Waals surface area contributed by atoms with Gasteiger partial charge in [-0.25, -0.2) is 0 Å². The molecule has 2 unspecified atom stereocenters. The number of carbonyl (C=O) groups excluding carboxylic acids is 1. The van der Waals surface area contributed by atoms with Crippen molar-refractivity contribution in [3.05, 3.63) is 65.2 Å². The maximum Gasteiger partial charge on any atom is 0.167 e. The normalized spacial score (nSPS) is 19.9. The summed E-state index contributed by atoms with van der Waals surface area (Å²) in [5, 5.41) is 0. The summed E-state index contributed by atoms with van der Waals surface area (Å²) in [4.78, 5) is 14.7. The molecule has 0 radical (unpaired) electrons. The molecule has 2 aromatic carbocycles. The zero-order chi connectivity index (χ0) is 16.4. The van der Waals surface area contributed by atoms with Gasteiger partial charge >= 0.3 is 0 Å². The first kappa shape index (κ1) is 15.8. The summed E-state index contributed by atoms with van der Waals surface area (Å²) in [7, 11) is 3.79. The first-order chi connectivity index (χ1) is 11.1. The van der Waals surface area contributed by atoms with Crippen LogP contribution in [0.4, 0.5) is 0 Å². The van der Waals surface area contributed by atoms with Crippen LogP contribution in [-0.4, -0.2) is 31.4 Å². The molecule has 0 bridgehead atoms. The highest BCUT2D eigenvalue weighted by Gasteiger charge is 2.38. The number of nitrogens with zero attached hydrogens (tertiary/aromatic N) is 1. The Hall–Kier alpha value is -2.13. The van der Waals surface area contributed by atoms with Crippen LogP contribution in [0.25, 0.3) is 0 Å². The van der Waals surface area contributed by atoms with Crippen LogP contribution in [0.1, 0.15) is 34.5 Å². The van der Waals surface area contributed by atoms with Crippen molar-refractivity contribution in [3.63, 3.8) is 0 Å². The van der Waals surface area contributed by atoms with Crippen LogP contribution in [-0.2, 0) is 6.42 Å². The smallest absolute Gasteiger partial charge is 0.167 e. The van der Waals surface area contributed by atoms with E-state index in [2.05, 4.69) is 30.1 Å². The predicted molar refractivity (Wildman–Crippen MR) is 92.0 cm³/mol. The second-order valence-corrected chi connectivity index (χ2v) is 6.26. The van der Waals surface area contributed by atoms with E-state index >= 15 is 0 Å². The van der Waals surface area contributed by atoms with Gasteiger partial charge in [0.15, 0.2) is 5.78 Å². The van der Waals surface area contributed by atoms with Crippen LogP contribution in [0.3, 0.4) is 0 Å². The fraction of sp³-hybridized carbons (Fsp3) is 0.350. The third-order valence-electron chi connectivity index (χ3n) is 4.82. The van der Waals surface area contributed by atoms with Crippen LogP contribution >= 0.6 is 0 Å². The molecule has 3 nitrogen and oxygen atoms in total. The lowest BCUT2D eigenvalue weighted by Gasteiger charge is -2.28. The number of carbonyl (C=O) groups is 1. The molecule has 0 aromatic heterocycles. The Labute approximate surface area is 137 Å². The van der Waals surface area contributed by atoms with Gasteiger partial charge in [0.2, 0.25) is 0 Å². The van der Waals surface area contributed by atoms with E-state index in [0.717, 1.165) is 24.3 Å². The Balaban J connectivity index is 1.70. The fourth-order valence-electron chi connectivity index (χ4n) is 3.49. The first-order valence-corrected chi connectivity index (χ1v) is 8.08. The van der Waals surface area contributed by atoms with Crippen molar-refractivity contribution < 1.29 is 9.53 Å². The van der Waals surface area contributed by atoms with Gasteiger partial charge in [-0.3, -0.25) is 9.69 Å². The molecule has 0 amide bonds. The predicted octanol–water partition coefficient (Wildman–Crippen LogP) is 3.74. The minimum Gasteiger partial charge on any atom is -0.497 e. The summed E-state index contributed by atoms with van der Waals surface area (Å²) in [6.45, 7) is 2.96. The van der Waals surface area contributed by atoms with Gasteiger partial charge in [-0.05, 0) is 36.7 Å². The van der Waals surface area contributed by atoms with Gasteiger partial charge in [0.1, 0.15) is 5.75 Å². The summed E-state index contributed by atoms with van der Waals surface area (Å²) in [5.41, 5.74) is 3.34. The van der Waals surface area contributed by atoms with Gasteiger partial charge in [-0.15, -0.1) is 0 Å². The van der Waals surface area contributed by atoms with E-state index < -0.39 is 0 Å². The molecular weight excluding hydrogens is 286 g/mol. The molecule has 1 aliphatic carbocycles. The van der Waals surface area contributed by atoms with E-state index in [1.165, 1.54) is 11.1 Å². The molecule has 0 heterocycles. The quantitative estimate of drug-likeness (QED) is 0.842. The number of ether oxygens (including phenoxy) is 1. The molecule has 23 heavy (non-hydrogen) atoms. The van der Waals surface area contributed by atoms with E-state index in [1.54, 1.807) is 7.11 Å². The van der Waals surface area contributed by atoms with Gasteiger partial charge in [0, 0.05) is 24.1 Å².